The molecule has 2 aromatic carbocycles. The summed E-state index contributed by atoms with van der Waals surface area (Å²) >= 11 is 3.40. The molecule has 2 nitrogen and oxygen atoms in total. The van der Waals surface area contributed by atoms with Gasteiger partial charge < -0.3 is 10.1 Å². The number of nitrogens with one attached hydrogen (secondary N) is 1. The minimum absolute atomic E-state index is 0.342. The Kier molecular flexibility index (Phi) is 5.43. The standard InChI is InChI=1S/C16H18BrNO/c1-13(14-5-3-2-4-6-14)18-11-12-19-16-9-7-15(17)8-10-16/h2-10,13,18H,11-12H2,1H3/t13-/m0/s1. The highest BCUT2D eigenvalue weighted by Gasteiger charge is 2.02. The largest absolute Gasteiger partial charge is 0.492 e. The monoisotopic (exact) mass is 319 g/mol. The fraction of sp³-hybridized carbons (Fsp3) is 0.250. The Labute approximate surface area is 122 Å². The van der Waals surface area contributed by atoms with Crippen LogP contribution in [0.4, 0.5) is 0 Å². The summed E-state index contributed by atoms with van der Waals surface area (Å²) in [5.74, 6) is 0.900. The molecule has 2 rings (SSSR count). The third-order valence-corrected chi connectivity index (χ3v) is 3.46. The van der Waals surface area contributed by atoms with Crippen molar-refractivity contribution >= 4 is 15.9 Å². The molecule has 0 saturated carbocycles. The van der Waals surface area contributed by atoms with Crippen LogP contribution in [0.5, 0.6) is 5.75 Å². The average molecular weight is 320 g/mol. The first-order valence-corrected chi connectivity index (χ1v) is 7.22. The molecule has 0 bridgehead atoms. The van der Waals surface area contributed by atoms with Crippen LogP contribution in [0.2, 0.25) is 0 Å². The number of rotatable bonds is 6. The topological polar surface area (TPSA) is 21.3 Å². The van der Waals surface area contributed by atoms with Crippen LogP contribution in [0.1, 0.15) is 18.5 Å². The summed E-state index contributed by atoms with van der Waals surface area (Å²) in [5.41, 5.74) is 1.30. The van der Waals surface area contributed by atoms with E-state index in [4.69, 9.17) is 4.74 Å². The van der Waals surface area contributed by atoms with Gasteiger partial charge in [-0.25, -0.2) is 0 Å². The van der Waals surface area contributed by atoms with Gasteiger partial charge in [0.1, 0.15) is 12.4 Å². The Bertz CT molecular complexity index is 484. The van der Waals surface area contributed by atoms with Crippen LogP contribution in [-0.4, -0.2) is 13.2 Å². The smallest absolute Gasteiger partial charge is 0.119 e. The molecule has 100 valence electrons. The van der Waals surface area contributed by atoms with Crippen molar-refractivity contribution in [1.29, 1.82) is 0 Å². The lowest BCUT2D eigenvalue weighted by molar-refractivity contribution is 0.307. The lowest BCUT2D eigenvalue weighted by Gasteiger charge is -2.14. The van der Waals surface area contributed by atoms with Crippen molar-refractivity contribution in [3.63, 3.8) is 0 Å². The number of hydrogen-bond acceptors (Lipinski definition) is 2. The third kappa shape index (κ3) is 4.69. The molecule has 0 heterocycles. The van der Waals surface area contributed by atoms with Crippen LogP contribution in [0, 0.1) is 0 Å². The Morgan fingerprint density at radius 2 is 1.74 bits per heavy atom. The predicted molar refractivity (Wildman–Crippen MR) is 82.5 cm³/mol. The molecule has 0 saturated heterocycles. The first-order valence-electron chi connectivity index (χ1n) is 6.42. The van der Waals surface area contributed by atoms with E-state index in [2.05, 4.69) is 52.4 Å². The van der Waals surface area contributed by atoms with Crippen LogP contribution in [0.3, 0.4) is 0 Å². The van der Waals surface area contributed by atoms with Gasteiger partial charge in [0.25, 0.3) is 0 Å². The van der Waals surface area contributed by atoms with Crippen LogP contribution in [0.25, 0.3) is 0 Å². The van der Waals surface area contributed by atoms with Crippen molar-refractivity contribution in [3.05, 3.63) is 64.6 Å². The normalized spacial score (nSPS) is 12.1. The van der Waals surface area contributed by atoms with Gasteiger partial charge in [-0.2, -0.15) is 0 Å². The second-order valence-electron chi connectivity index (χ2n) is 4.39. The molecule has 0 radical (unpaired) electrons. The summed E-state index contributed by atoms with van der Waals surface area (Å²) in [6, 6.07) is 18.7. The van der Waals surface area contributed by atoms with E-state index in [1.807, 2.05) is 30.3 Å². The summed E-state index contributed by atoms with van der Waals surface area (Å²) in [6.07, 6.45) is 0. The second-order valence-corrected chi connectivity index (χ2v) is 5.30. The zero-order chi connectivity index (χ0) is 13.5. The zero-order valence-electron chi connectivity index (χ0n) is 11.0. The van der Waals surface area contributed by atoms with Gasteiger partial charge in [0.15, 0.2) is 0 Å². The maximum absolute atomic E-state index is 5.66. The van der Waals surface area contributed by atoms with Gasteiger partial charge in [-0.1, -0.05) is 46.3 Å². The van der Waals surface area contributed by atoms with Crippen molar-refractivity contribution in [2.24, 2.45) is 0 Å². The van der Waals surface area contributed by atoms with E-state index in [0.29, 0.717) is 12.6 Å². The molecule has 0 aliphatic carbocycles. The Hall–Kier alpha value is -1.32. The molecule has 1 N–H and O–H groups in total. The molecule has 1 atom stereocenters. The Morgan fingerprint density at radius 3 is 2.42 bits per heavy atom. The quantitative estimate of drug-likeness (QED) is 0.806. The van der Waals surface area contributed by atoms with E-state index in [0.717, 1.165) is 16.8 Å². The van der Waals surface area contributed by atoms with Gasteiger partial charge in [-0.15, -0.1) is 0 Å². The first-order chi connectivity index (χ1) is 9.25. The number of benzene rings is 2. The first kappa shape index (κ1) is 14.1. The third-order valence-electron chi connectivity index (χ3n) is 2.93. The van der Waals surface area contributed by atoms with Crippen molar-refractivity contribution in [2.75, 3.05) is 13.2 Å². The predicted octanol–water partition coefficient (Wildman–Crippen LogP) is 4.18. The molecular weight excluding hydrogens is 302 g/mol. The SMILES string of the molecule is C[C@H](NCCOc1ccc(Br)cc1)c1ccccc1. The molecule has 0 aliphatic heterocycles. The second kappa shape index (κ2) is 7.31. The van der Waals surface area contributed by atoms with Crippen LogP contribution in [-0.2, 0) is 0 Å². The summed E-state index contributed by atoms with van der Waals surface area (Å²) in [5, 5.41) is 3.45. The van der Waals surface area contributed by atoms with E-state index >= 15 is 0 Å². The van der Waals surface area contributed by atoms with Crippen molar-refractivity contribution < 1.29 is 4.74 Å². The average Bonchev–Trinajstić information content (AvgIpc) is 2.46. The van der Waals surface area contributed by atoms with Crippen LogP contribution < -0.4 is 10.1 Å². The summed E-state index contributed by atoms with van der Waals surface area (Å²) in [6.45, 7) is 3.65. The molecule has 0 unspecified atom stereocenters. The van der Waals surface area contributed by atoms with E-state index in [-0.39, 0.29) is 0 Å². The Morgan fingerprint density at radius 1 is 1.05 bits per heavy atom. The molecule has 19 heavy (non-hydrogen) atoms. The molecular formula is C16H18BrNO. The molecule has 0 aromatic heterocycles. The van der Waals surface area contributed by atoms with Crippen LogP contribution in [0.15, 0.2) is 59.1 Å². The van der Waals surface area contributed by atoms with E-state index in [1.54, 1.807) is 0 Å². The van der Waals surface area contributed by atoms with Gasteiger partial charge in [0, 0.05) is 17.1 Å². The molecule has 3 heteroatoms. The minimum atomic E-state index is 0.342. The highest BCUT2D eigenvalue weighted by molar-refractivity contribution is 9.10. The summed E-state index contributed by atoms with van der Waals surface area (Å²) in [4.78, 5) is 0. The maximum Gasteiger partial charge on any atom is 0.119 e. The number of ether oxygens (including phenoxy) is 1. The highest BCUT2D eigenvalue weighted by Crippen LogP contribution is 2.16. The van der Waals surface area contributed by atoms with Crippen molar-refractivity contribution in [2.45, 2.75) is 13.0 Å². The van der Waals surface area contributed by atoms with Gasteiger partial charge >= 0.3 is 0 Å². The zero-order valence-corrected chi connectivity index (χ0v) is 12.6. The molecule has 0 fully saturated rings. The molecule has 2 aromatic rings. The van der Waals surface area contributed by atoms with E-state index in [9.17, 15) is 0 Å². The van der Waals surface area contributed by atoms with Crippen LogP contribution >= 0.6 is 15.9 Å². The van der Waals surface area contributed by atoms with Gasteiger partial charge in [-0.3, -0.25) is 0 Å². The minimum Gasteiger partial charge on any atom is -0.492 e. The fourth-order valence-electron chi connectivity index (χ4n) is 1.83. The number of halogens is 1. The van der Waals surface area contributed by atoms with Crippen molar-refractivity contribution in [1.82, 2.24) is 5.32 Å². The molecule has 0 aliphatic rings. The van der Waals surface area contributed by atoms with Gasteiger partial charge in [-0.05, 0) is 36.8 Å². The molecule has 0 spiro atoms. The lowest BCUT2D eigenvalue weighted by Crippen LogP contribution is -2.24. The summed E-state index contributed by atoms with van der Waals surface area (Å²) < 4.78 is 6.73. The van der Waals surface area contributed by atoms with E-state index < -0.39 is 0 Å². The van der Waals surface area contributed by atoms with Crippen molar-refractivity contribution in [3.8, 4) is 5.75 Å². The van der Waals surface area contributed by atoms with Gasteiger partial charge in [0.05, 0.1) is 0 Å². The Balaban J connectivity index is 1.71. The summed E-state index contributed by atoms with van der Waals surface area (Å²) in [7, 11) is 0. The van der Waals surface area contributed by atoms with Gasteiger partial charge in [0.2, 0.25) is 0 Å². The number of hydrogen-bond donors (Lipinski definition) is 1. The highest BCUT2D eigenvalue weighted by atomic mass is 79.9. The molecule has 0 amide bonds. The maximum atomic E-state index is 5.66. The van der Waals surface area contributed by atoms with E-state index in [1.165, 1.54) is 5.56 Å². The fourth-order valence-corrected chi connectivity index (χ4v) is 2.10. The lowest BCUT2D eigenvalue weighted by atomic mass is 10.1.